The summed E-state index contributed by atoms with van der Waals surface area (Å²) >= 11 is 0. The van der Waals surface area contributed by atoms with Crippen LogP contribution >= 0.6 is 0 Å². The maximum atomic E-state index is 12.0. The van der Waals surface area contributed by atoms with Gasteiger partial charge in [0.05, 0.1) is 5.92 Å². The van der Waals surface area contributed by atoms with Crippen LogP contribution in [0.15, 0.2) is 0 Å². The van der Waals surface area contributed by atoms with Crippen LogP contribution in [0.1, 0.15) is 19.8 Å². The van der Waals surface area contributed by atoms with Crippen molar-refractivity contribution < 1.29 is 29.3 Å². The molecule has 0 bridgehead atoms. The SMILES string of the molecule is CC(CN(CC(=O)O)C(=O)C1CCCO1)C(=O)O. The lowest BCUT2D eigenvalue weighted by molar-refractivity contribution is -0.152. The van der Waals surface area contributed by atoms with Crippen LogP contribution in [0.5, 0.6) is 0 Å². The van der Waals surface area contributed by atoms with Gasteiger partial charge in [0.1, 0.15) is 12.6 Å². The number of carboxylic acids is 2. The molecule has 7 nitrogen and oxygen atoms in total. The number of hydrogen-bond acceptors (Lipinski definition) is 4. The molecule has 102 valence electrons. The van der Waals surface area contributed by atoms with Crippen LogP contribution in [-0.4, -0.2) is 58.8 Å². The molecule has 0 aromatic rings. The first kappa shape index (κ1) is 14.4. The molecule has 0 saturated carbocycles. The average Bonchev–Trinajstić information content (AvgIpc) is 2.79. The maximum absolute atomic E-state index is 12.0. The molecule has 0 aromatic heterocycles. The fourth-order valence-corrected chi connectivity index (χ4v) is 1.78. The predicted molar refractivity (Wildman–Crippen MR) is 60.0 cm³/mol. The molecule has 1 fully saturated rings. The number of rotatable bonds is 6. The monoisotopic (exact) mass is 259 g/mol. The summed E-state index contributed by atoms with van der Waals surface area (Å²) in [6, 6.07) is 0. The fraction of sp³-hybridized carbons (Fsp3) is 0.727. The standard InChI is InChI=1S/C11H17NO6/c1-7(11(16)17)5-12(6-9(13)14)10(15)8-3-2-4-18-8/h7-8H,2-6H2,1H3,(H,13,14)(H,16,17). The van der Waals surface area contributed by atoms with Gasteiger partial charge >= 0.3 is 11.9 Å². The molecule has 2 unspecified atom stereocenters. The van der Waals surface area contributed by atoms with E-state index in [1.54, 1.807) is 0 Å². The van der Waals surface area contributed by atoms with E-state index in [9.17, 15) is 14.4 Å². The van der Waals surface area contributed by atoms with Crippen molar-refractivity contribution in [2.24, 2.45) is 5.92 Å². The molecule has 2 atom stereocenters. The number of carbonyl (C=O) groups is 3. The molecule has 0 radical (unpaired) electrons. The van der Waals surface area contributed by atoms with Gasteiger partial charge in [0.2, 0.25) is 0 Å². The molecule has 1 saturated heterocycles. The lowest BCUT2D eigenvalue weighted by Crippen LogP contribution is -2.45. The summed E-state index contributed by atoms with van der Waals surface area (Å²) in [4.78, 5) is 34.5. The van der Waals surface area contributed by atoms with Crippen molar-refractivity contribution in [1.82, 2.24) is 4.90 Å². The first-order chi connectivity index (χ1) is 8.41. The summed E-state index contributed by atoms with van der Waals surface area (Å²) in [5, 5.41) is 17.5. The van der Waals surface area contributed by atoms with Gasteiger partial charge in [0, 0.05) is 13.2 Å². The van der Waals surface area contributed by atoms with E-state index in [-0.39, 0.29) is 6.54 Å². The molecule has 1 rings (SSSR count). The van der Waals surface area contributed by atoms with Crippen molar-refractivity contribution in [3.8, 4) is 0 Å². The normalized spacial score (nSPS) is 20.4. The number of amides is 1. The molecule has 1 heterocycles. The van der Waals surface area contributed by atoms with Gasteiger partial charge in [-0.25, -0.2) is 0 Å². The zero-order chi connectivity index (χ0) is 13.7. The van der Waals surface area contributed by atoms with Crippen LogP contribution in [0.3, 0.4) is 0 Å². The third-order valence-electron chi connectivity index (χ3n) is 2.76. The molecular weight excluding hydrogens is 242 g/mol. The molecule has 7 heteroatoms. The zero-order valence-electron chi connectivity index (χ0n) is 10.2. The molecule has 1 aliphatic heterocycles. The van der Waals surface area contributed by atoms with Gasteiger partial charge in [-0.3, -0.25) is 14.4 Å². The molecule has 1 amide bonds. The molecule has 2 N–H and O–H groups in total. The first-order valence-corrected chi connectivity index (χ1v) is 5.76. The molecular formula is C11H17NO6. The molecule has 0 aromatic carbocycles. The summed E-state index contributed by atoms with van der Waals surface area (Å²) in [6.07, 6.45) is 0.674. The smallest absolute Gasteiger partial charge is 0.323 e. The van der Waals surface area contributed by atoms with Crippen molar-refractivity contribution >= 4 is 17.8 Å². The lowest BCUT2D eigenvalue weighted by atomic mass is 10.1. The Kier molecular flexibility index (Phi) is 5.08. The molecule has 1 aliphatic rings. The Morgan fingerprint density at radius 1 is 1.39 bits per heavy atom. The van der Waals surface area contributed by atoms with E-state index in [4.69, 9.17) is 14.9 Å². The van der Waals surface area contributed by atoms with Crippen molar-refractivity contribution in [3.05, 3.63) is 0 Å². The van der Waals surface area contributed by atoms with Crippen LogP contribution < -0.4 is 0 Å². The number of carbonyl (C=O) groups excluding carboxylic acids is 1. The van der Waals surface area contributed by atoms with Crippen LogP contribution in [0, 0.1) is 5.92 Å². The minimum atomic E-state index is -1.17. The van der Waals surface area contributed by atoms with Crippen molar-refractivity contribution in [1.29, 1.82) is 0 Å². The molecule has 0 spiro atoms. The van der Waals surface area contributed by atoms with Gasteiger partial charge in [-0.05, 0) is 12.8 Å². The van der Waals surface area contributed by atoms with Gasteiger partial charge in [-0.1, -0.05) is 6.92 Å². The van der Waals surface area contributed by atoms with Crippen molar-refractivity contribution in [2.45, 2.75) is 25.9 Å². The maximum Gasteiger partial charge on any atom is 0.323 e. The Balaban J connectivity index is 2.67. The van der Waals surface area contributed by atoms with Gasteiger partial charge < -0.3 is 19.8 Å². The molecule has 18 heavy (non-hydrogen) atoms. The van der Waals surface area contributed by atoms with Gasteiger partial charge in [-0.15, -0.1) is 0 Å². The van der Waals surface area contributed by atoms with E-state index in [1.807, 2.05) is 0 Å². The number of ether oxygens (including phenoxy) is 1. The highest BCUT2D eigenvalue weighted by Crippen LogP contribution is 2.15. The Morgan fingerprint density at radius 3 is 2.50 bits per heavy atom. The highest BCUT2D eigenvalue weighted by Gasteiger charge is 2.31. The van der Waals surface area contributed by atoms with Gasteiger partial charge in [0.25, 0.3) is 5.91 Å². The summed E-state index contributed by atoms with van der Waals surface area (Å²) in [5.41, 5.74) is 0. The van der Waals surface area contributed by atoms with E-state index >= 15 is 0 Å². The Hall–Kier alpha value is -1.63. The Morgan fingerprint density at radius 2 is 2.06 bits per heavy atom. The fourth-order valence-electron chi connectivity index (χ4n) is 1.78. The second-order valence-corrected chi connectivity index (χ2v) is 4.35. The number of nitrogens with zero attached hydrogens (tertiary/aromatic N) is 1. The molecule has 0 aliphatic carbocycles. The topological polar surface area (TPSA) is 104 Å². The van der Waals surface area contributed by atoms with Gasteiger partial charge in [-0.2, -0.15) is 0 Å². The highest BCUT2D eigenvalue weighted by atomic mass is 16.5. The van der Waals surface area contributed by atoms with E-state index < -0.39 is 36.4 Å². The zero-order valence-corrected chi connectivity index (χ0v) is 10.2. The third kappa shape index (κ3) is 3.99. The highest BCUT2D eigenvalue weighted by molar-refractivity contribution is 5.85. The van der Waals surface area contributed by atoms with E-state index in [0.717, 1.165) is 11.3 Å². The lowest BCUT2D eigenvalue weighted by Gasteiger charge is -2.25. The quantitative estimate of drug-likeness (QED) is 0.684. The van der Waals surface area contributed by atoms with Crippen LogP contribution in [0.4, 0.5) is 0 Å². The van der Waals surface area contributed by atoms with Crippen LogP contribution in [0.2, 0.25) is 0 Å². The summed E-state index contributed by atoms with van der Waals surface area (Å²) < 4.78 is 5.19. The second-order valence-electron chi connectivity index (χ2n) is 4.35. The largest absolute Gasteiger partial charge is 0.481 e. The third-order valence-corrected chi connectivity index (χ3v) is 2.76. The van der Waals surface area contributed by atoms with Gasteiger partial charge in [0.15, 0.2) is 0 Å². The Labute approximate surface area is 104 Å². The average molecular weight is 259 g/mol. The number of aliphatic carboxylic acids is 2. The predicted octanol–water partition coefficient (Wildman–Crippen LogP) is -0.201. The van der Waals surface area contributed by atoms with Crippen LogP contribution in [0.25, 0.3) is 0 Å². The minimum absolute atomic E-state index is 0.125. The minimum Gasteiger partial charge on any atom is -0.481 e. The van der Waals surface area contributed by atoms with E-state index in [2.05, 4.69) is 0 Å². The summed E-state index contributed by atoms with van der Waals surface area (Å²) in [7, 11) is 0. The summed E-state index contributed by atoms with van der Waals surface area (Å²) in [6.45, 7) is 1.28. The number of hydrogen-bond donors (Lipinski definition) is 2. The first-order valence-electron chi connectivity index (χ1n) is 5.76. The second kappa shape index (κ2) is 6.34. The Bertz CT molecular complexity index is 336. The summed E-state index contributed by atoms with van der Waals surface area (Å²) in [5.74, 6) is -3.48. The van der Waals surface area contributed by atoms with E-state index in [1.165, 1.54) is 6.92 Å². The number of carboxylic acid groups (broad SMARTS) is 2. The van der Waals surface area contributed by atoms with E-state index in [0.29, 0.717) is 13.0 Å². The van der Waals surface area contributed by atoms with Crippen molar-refractivity contribution in [3.63, 3.8) is 0 Å². The van der Waals surface area contributed by atoms with Crippen LogP contribution in [-0.2, 0) is 19.1 Å². The van der Waals surface area contributed by atoms with Crippen molar-refractivity contribution in [2.75, 3.05) is 19.7 Å².